The molecule has 0 saturated heterocycles. The van der Waals surface area contributed by atoms with Gasteiger partial charge in [-0.25, -0.2) is 4.39 Å². The Morgan fingerprint density at radius 2 is 2.00 bits per heavy atom. The molecule has 21 heavy (non-hydrogen) atoms. The topological polar surface area (TPSA) is 46.3 Å². The fraction of sp³-hybridized carbons (Fsp3) is 0.471. The van der Waals surface area contributed by atoms with Gasteiger partial charge in [-0.3, -0.25) is 4.79 Å². The van der Waals surface area contributed by atoms with Crippen molar-refractivity contribution in [2.45, 2.75) is 31.7 Å². The summed E-state index contributed by atoms with van der Waals surface area (Å²) in [4.78, 5) is 14.1. The maximum Gasteiger partial charge on any atom is 0.246 e. The molecule has 1 aliphatic rings. The van der Waals surface area contributed by atoms with Gasteiger partial charge in [0.2, 0.25) is 5.91 Å². The molecule has 0 aliphatic heterocycles. The van der Waals surface area contributed by atoms with Crippen LogP contribution in [0, 0.1) is 11.7 Å². The molecule has 2 rings (SSSR count). The number of hydrogen-bond donors (Lipinski definition) is 1. The first-order chi connectivity index (χ1) is 10.1. The van der Waals surface area contributed by atoms with Crippen LogP contribution < -0.4 is 5.73 Å². The van der Waals surface area contributed by atoms with E-state index in [1.165, 1.54) is 18.6 Å². The molecule has 0 radical (unpaired) electrons. The molecule has 1 fully saturated rings. The predicted molar refractivity (Wildman–Crippen MR) is 83.0 cm³/mol. The first kappa shape index (κ1) is 15.7. The molecule has 1 amide bonds. The summed E-state index contributed by atoms with van der Waals surface area (Å²) in [6.07, 6.45) is 7.75. The maximum absolute atomic E-state index is 12.8. The van der Waals surface area contributed by atoms with Gasteiger partial charge in [0.15, 0.2) is 0 Å². The Kier molecular flexibility index (Phi) is 5.51. The van der Waals surface area contributed by atoms with E-state index in [9.17, 15) is 9.18 Å². The summed E-state index contributed by atoms with van der Waals surface area (Å²) in [5.41, 5.74) is 6.64. The number of nitrogens with two attached hydrogens (primary N) is 1. The van der Waals surface area contributed by atoms with Crippen LogP contribution in [0.25, 0.3) is 6.08 Å². The lowest BCUT2D eigenvalue weighted by Gasteiger charge is -2.37. The minimum atomic E-state index is -0.274. The highest BCUT2D eigenvalue weighted by Gasteiger charge is 2.28. The highest BCUT2D eigenvalue weighted by Crippen LogP contribution is 2.27. The van der Waals surface area contributed by atoms with Gasteiger partial charge in [0.25, 0.3) is 0 Å². The van der Waals surface area contributed by atoms with Crippen LogP contribution in [0.5, 0.6) is 0 Å². The number of rotatable bonds is 4. The van der Waals surface area contributed by atoms with Crippen LogP contribution in [0.15, 0.2) is 30.3 Å². The summed E-state index contributed by atoms with van der Waals surface area (Å²) >= 11 is 0. The molecule has 2 atom stereocenters. The van der Waals surface area contributed by atoms with Gasteiger partial charge in [-0.2, -0.15) is 0 Å². The highest BCUT2D eigenvalue weighted by atomic mass is 19.1. The van der Waals surface area contributed by atoms with Gasteiger partial charge in [0.05, 0.1) is 0 Å². The molecule has 1 aromatic rings. The fourth-order valence-electron chi connectivity index (χ4n) is 3.00. The molecule has 1 aromatic carbocycles. The Hall–Kier alpha value is -1.68. The van der Waals surface area contributed by atoms with E-state index in [0.29, 0.717) is 12.5 Å². The van der Waals surface area contributed by atoms with Crippen molar-refractivity contribution in [3.8, 4) is 0 Å². The molecule has 0 bridgehead atoms. The molecule has 0 aromatic heterocycles. The maximum atomic E-state index is 12.8. The van der Waals surface area contributed by atoms with Crippen molar-refractivity contribution < 1.29 is 9.18 Å². The number of carbonyl (C=O) groups excluding carboxylic acids is 1. The molecule has 1 saturated carbocycles. The first-order valence-corrected chi connectivity index (χ1v) is 7.52. The van der Waals surface area contributed by atoms with Crippen LogP contribution in [0.2, 0.25) is 0 Å². The zero-order chi connectivity index (χ0) is 15.2. The summed E-state index contributed by atoms with van der Waals surface area (Å²) in [5.74, 6) is 0.0974. The zero-order valence-electron chi connectivity index (χ0n) is 12.5. The summed E-state index contributed by atoms with van der Waals surface area (Å²) in [7, 11) is 1.84. The highest BCUT2D eigenvalue weighted by molar-refractivity contribution is 5.91. The number of halogens is 1. The van der Waals surface area contributed by atoms with Crippen LogP contribution in [-0.4, -0.2) is 30.4 Å². The second-order valence-electron chi connectivity index (χ2n) is 5.68. The summed E-state index contributed by atoms with van der Waals surface area (Å²) in [6, 6.07) is 6.32. The predicted octanol–water partition coefficient (Wildman–Crippen LogP) is 2.81. The lowest BCUT2D eigenvalue weighted by Crippen LogP contribution is -2.45. The van der Waals surface area contributed by atoms with Crippen LogP contribution in [0.3, 0.4) is 0 Å². The minimum absolute atomic E-state index is 0.0234. The van der Waals surface area contributed by atoms with Crippen molar-refractivity contribution in [2.24, 2.45) is 11.7 Å². The van der Waals surface area contributed by atoms with Gasteiger partial charge in [0, 0.05) is 19.2 Å². The lowest BCUT2D eigenvalue weighted by atomic mass is 9.83. The number of amides is 1. The molecule has 3 nitrogen and oxygen atoms in total. The molecular formula is C17H23FN2O. The number of likely N-dealkylation sites (N-methyl/N-ethyl adjacent to an activating group) is 1. The van der Waals surface area contributed by atoms with Crippen molar-refractivity contribution in [1.82, 2.24) is 4.90 Å². The van der Waals surface area contributed by atoms with E-state index in [1.807, 2.05) is 7.05 Å². The van der Waals surface area contributed by atoms with Crippen molar-refractivity contribution >= 4 is 12.0 Å². The Bertz CT molecular complexity index is 498. The number of nitrogens with zero attached hydrogens (tertiary/aromatic N) is 1. The number of benzene rings is 1. The molecule has 0 spiro atoms. The van der Waals surface area contributed by atoms with Gasteiger partial charge in [-0.1, -0.05) is 25.0 Å². The quantitative estimate of drug-likeness (QED) is 0.867. The first-order valence-electron chi connectivity index (χ1n) is 7.52. The van der Waals surface area contributed by atoms with Gasteiger partial charge in [-0.15, -0.1) is 0 Å². The third kappa shape index (κ3) is 4.14. The van der Waals surface area contributed by atoms with Crippen LogP contribution in [0.4, 0.5) is 4.39 Å². The largest absolute Gasteiger partial charge is 0.339 e. The summed E-state index contributed by atoms with van der Waals surface area (Å²) in [5, 5.41) is 0. The monoisotopic (exact) mass is 290 g/mol. The fourth-order valence-corrected chi connectivity index (χ4v) is 3.00. The third-order valence-corrected chi connectivity index (χ3v) is 4.31. The minimum Gasteiger partial charge on any atom is -0.339 e. The number of carbonyl (C=O) groups is 1. The van der Waals surface area contributed by atoms with Crippen molar-refractivity contribution in [2.75, 3.05) is 13.6 Å². The molecular weight excluding hydrogens is 267 g/mol. The second kappa shape index (κ2) is 7.36. The second-order valence-corrected chi connectivity index (χ2v) is 5.68. The lowest BCUT2D eigenvalue weighted by molar-refractivity contribution is -0.128. The standard InChI is InChI=1S/C17H23FN2O/c1-20(16-5-3-2-4-14(16)12-19)17(21)11-8-13-6-9-15(18)10-7-13/h6-11,14,16H,2-5,12,19H2,1H3. The smallest absolute Gasteiger partial charge is 0.246 e. The van der Waals surface area contributed by atoms with Crippen molar-refractivity contribution in [3.63, 3.8) is 0 Å². The summed E-state index contributed by atoms with van der Waals surface area (Å²) < 4.78 is 12.8. The van der Waals surface area contributed by atoms with Crippen LogP contribution in [-0.2, 0) is 4.79 Å². The molecule has 114 valence electrons. The Morgan fingerprint density at radius 1 is 1.33 bits per heavy atom. The van der Waals surface area contributed by atoms with Crippen molar-refractivity contribution in [1.29, 1.82) is 0 Å². The molecule has 4 heteroatoms. The van der Waals surface area contributed by atoms with E-state index in [4.69, 9.17) is 5.73 Å². The Balaban J connectivity index is 1.99. The molecule has 1 aliphatic carbocycles. The van der Waals surface area contributed by atoms with Gasteiger partial charge >= 0.3 is 0 Å². The van der Waals surface area contributed by atoms with E-state index < -0.39 is 0 Å². The van der Waals surface area contributed by atoms with Gasteiger partial charge in [0.1, 0.15) is 5.82 Å². The third-order valence-electron chi connectivity index (χ3n) is 4.31. The zero-order valence-corrected chi connectivity index (χ0v) is 12.5. The molecule has 0 heterocycles. The van der Waals surface area contributed by atoms with E-state index in [1.54, 1.807) is 29.2 Å². The van der Waals surface area contributed by atoms with E-state index in [-0.39, 0.29) is 17.8 Å². The normalized spacial score (nSPS) is 22.4. The Morgan fingerprint density at radius 3 is 2.67 bits per heavy atom. The van der Waals surface area contributed by atoms with E-state index >= 15 is 0 Å². The van der Waals surface area contributed by atoms with Gasteiger partial charge in [-0.05, 0) is 49.1 Å². The SMILES string of the molecule is CN(C(=O)C=Cc1ccc(F)cc1)C1CCCCC1CN. The van der Waals surface area contributed by atoms with Gasteiger partial charge < -0.3 is 10.6 Å². The average molecular weight is 290 g/mol. The summed E-state index contributed by atoms with van der Waals surface area (Å²) in [6.45, 7) is 0.629. The Labute approximate surface area is 125 Å². The van der Waals surface area contributed by atoms with E-state index in [2.05, 4.69) is 0 Å². The average Bonchev–Trinajstić information content (AvgIpc) is 2.53. The van der Waals surface area contributed by atoms with Crippen LogP contribution in [0.1, 0.15) is 31.2 Å². The number of hydrogen-bond acceptors (Lipinski definition) is 2. The van der Waals surface area contributed by atoms with Crippen molar-refractivity contribution in [3.05, 3.63) is 41.7 Å². The van der Waals surface area contributed by atoms with Crippen LogP contribution >= 0.6 is 0 Å². The molecule has 2 unspecified atom stereocenters. The van der Waals surface area contributed by atoms with E-state index in [0.717, 1.165) is 24.8 Å². The molecule has 2 N–H and O–H groups in total.